The second kappa shape index (κ2) is 8.11. The summed E-state index contributed by atoms with van der Waals surface area (Å²) in [5.41, 5.74) is 3.41. The van der Waals surface area contributed by atoms with E-state index in [1.165, 1.54) is 37.7 Å². The number of aliphatic hydroxyl groups is 1. The van der Waals surface area contributed by atoms with Crippen LogP contribution < -0.4 is 5.32 Å². The van der Waals surface area contributed by atoms with Crippen molar-refractivity contribution in [2.24, 2.45) is 34.5 Å². The molecule has 6 heteroatoms. The number of carbonyl (C=O) groups excluding carboxylic acids is 2. The van der Waals surface area contributed by atoms with Crippen molar-refractivity contribution in [3.05, 3.63) is 23.3 Å². The van der Waals surface area contributed by atoms with Gasteiger partial charge in [-0.05, 0) is 97.9 Å². The predicted molar refractivity (Wildman–Crippen MR) is 129 cm³/mol. The number of hydrogen-bond donors (Lipinski definition) is 2. The molecule has 0 aromatic heterocycles. The fourth-order valence-electron chi connectivity index (χ4n) is 9.06. The van der Waals surface area contributed by atoms with Gasteiger partial charge in [-0.25, -0.2) is 9.59 Å². The number of aliphatic hydroxyl groups excluding tert-OH is 1. The van der Waals surface area contributed by atoms with E-state index >= 15 is 0 Å². The first-order valence-corrected chi connectivity index (χ1v) is 13.6. The Morgan fingerprint density at radius 1 is 1.18 bits per heavy atom. The van der Waals surface area contributed by atoms with E-state index in [1.807, 2.05) is 0 Å². The van der Waals surface area contributed by atoms with Crippen molar-refractivity contribution in [1.82, 2.24) is 10.2 Å². The van der Waals surface area contributed by atoms with E-state index in [1.54, 1.807) is 16.5 Å². The van der Waals surface area contributed by atoms with Crippen molar-refractivity contribution in [3.63, 3.8) is 0 Å². The van der Waals surface area contributed by atoms with Crippen LogP contribution in [0.5, 0.6) is 0 Å². The molecule has 0 aromatic rings. The SMILES string of the molecule is C[C@]12CC[C@H](NC(=O)N3CC[C@@H](O)C3)C[C@H]1CC[C@H]1C3=CC[C@H](C4=CC(=O)OC4)[C@@]3(C)CC[C@@H]12. The first-order valence-electron chi connectivity index (χ1n) is 13.6. The molecule has 4 fully saturated rings. The lowest BCUT2D eigenvalue weighted by atomic mass is 9.45. The number of urea groups is 1. The van der Waals surface area contributed by atoms with Gasteiger partial charge in [0.2, 0.25) is 0 Å². The van der Waals surface area contributed by atoms with Crippen LogP contribution in [0.3, 0.4) is 0 Å². The third kappa shape index (κ3) is 3.46. The van der Waals surface area contributed by atoms with Crippen molar-refractivity contribution >= 4 is 12.0 Å². The molecule has 6 nitrogen and oxygen atoms in total. The lowest BCUT2D eigenvalue weighted by molar-refractivity contribution is -0.135. The van der Waals surface area contributed by atoms with Gasteiger partial charge in [0.25, 0.3) is 0 Å². The standard InChI is InChI=1S/C28H40N2O4/c1-27-10-7-19(29-26(33)30-12-9-20(31)15-30)14-18(27)3-4-21-23-6-5-22(17-13-25(32)34-16-17)28(23,2)11-8-24(21)27/h6,13,18-22,24,31H,3-5,7-12,14-16H2,1-2H3,(H,29,33)/t18-,19+,20-,21+,22-,24+,27+,28-/m1/s1. The number of nitrogens with one attached hydrogen (secondary N) is 1. The molecule has 0 spiro atoms. The Morgan fingerprint density at radius 3 is 2.76 bits per heavy atom. The van der Waals surface area contributed by atoms with E-state index < -0.39 is 0 Å². The number of rotatable bonds is 2. The van der Waals surface area contributed by atoms with Gasteiger partial charge in [-0.1, -0.05) is 25.5 Å². The molecule has 1 saturated heterocycles. The Bertz CT molecular complexity index is 943. The monoisotopic (exact) mass is 468 g/mol. The zero-order valence-corrected chi connectivity index (χ0v) is 20.7. The van der Waals surface area contributed by atoms with E-state index in [4.69, 9.17) is 4.74 Å². The van der Waals surface area contributed by atoms with E-state index in [2.05, 4.69) is 25.2 Å². The molecule has 4 aliphatic carbocycles. The molecule has 2 heterocycles. The zero-order valence-electron chi connectivity index (χ0n) is 20.7. The third-order valence-corrected chi connectivity index (χ3v) is 11.0. The number of carbonyl (C=O) groups is 2. The first kappa shape index (κ1) is 22.6. The Kier molecular flexibility index (Phi) is 5.40. The summed E-state index contributed by atoms with van der Waals surface area (Å²) in [6.45, 7) is 6.61. The summed E-state index contributed by atoms with van der Waals surface area (Å²) < 4.78 is 5.27. The average Bonchev–Trinajstić information content (AvgIpc) is 3.51. The van der Waals surface area contributed by atoms with Gasteiger partial charge >= 0.3 is 12.0 Å². The highest BCUT2D eigenvalue weighted by molar-refractivity contribution is 5.85. The van der Waals surface area contributed by atoms with Crippen LogP contribution in [-0.2, 0) is 9.53 Å². The number of allylic oxidation sites excluding steroid dienone is 2. The Hall–Kier alpha value is -1.82. The Balaban J connectivity index is 1.14. The van der Waals surface area contributed by atoms with E-state index in [9.17, 15) is 14.7 Å². The second-order valence-electron chi connectivity index (χ2n) is 12.5. The second-order valence-corrected chi connectivity index (χ2v) is 12.5. The number of nitrogens with zero attached hydrogens (tertiary/aromatic N) is 1. The lowest BCUT2D eigenvalue weighted by Crippen LogP contribution is -2.54. The van der Waals surface area contributed by atoms with Crippen molar-refractivity contribution in [2.45, 2.75) is 83.8 Å². The van der Waals surface area contributed by atoms with Crippen LogP contribution in [-0.4, -0.2) is 53.8 Å². The van der Waals surface area contributed by atoms with Gasteiger partial charge in [0.15, 0.2) is 0 Å². The molecule has 8 atom stereocenters. The van der Waals surface area contributed by atoms with Crippen LogP contribution >= 0.6 is 0 Å². The minimum atomic E-state index is -0.366. The van der Waals surface area contributed by atoms with Crippen LogP contribution in [0, 0.1) is 34.5 Å². The highest BCUT2D eigenvalue weighted by Gasteiger charge is 2.58. The summed E-state index contributed by atoms with van der Waals surface area (Å²) in [4.78, 5) is 26.2. The van der Waals surface area contributed by atoms with Crippen LogP contribution in [0.25, 0.3) is 0 Å². The fourth-order valence-corrected chi connectivity index (χ4v) is 9.06. The number of likely N-dealkylation sites (tertiary alicyclic amines) is 1. The third-order valence-electron chi connectivity index (χ3n) is 11.0. The van der Waals surface area contributed by atoms with Crippen molar-refractivity contribution in [1.29, 1.82) is 0 Å². The molecule has 0 radical (unpaired) electrons. The van der Waals surface area contributed by atoms with Crippen molar-refractivity contribution in [3.8, 4) is 0 Å². The quantitative estimate of drug-likeness (QED) is 0.470. The molecule has 2 N–H and O–H groups in total. The number of fused-ring (bicyclic) bond motifs is 5. The number of ether oxygens (including phenoxy) is 1. The summed E-state index contributed by atoms with van der Waals surface area (Å²) in [5.74, 6) is 2.32. The molecular formula is C28H40N2O4. The molecule has 186 valence electrons. The van der Waals surface area contributed by atoms with Gasteiger partial charge < -0.3 is 20.1 Å². The molecule has 0 bridgehead atoms. The predicted octanol–water partition coefficient (Wildman–Crippen LogP) is 4.19. The maximum atomic E-state index is 12.7. The van der Waals surface area contributed by atoms with Crippen LogP contribution in [0.15, 0.2) is 23.3 Å². The van der Waals surface area contributed by atoms with Gasteiger partial charge in [0.1, 0.15) is 6.61 Å². The van der Waals surface area contributed by atoms with Crippen molar-refractivity contribution < 1.29 is 19.4 Å². The van der Waals surface area contributed by atoms with Gasteiger partial charge in [0, 0.05) is 25.2 Å². The van der Waals surface area contributed by atoms with Crippen LogP contribution in [0.2, 0.25) is 0 Å². The molecule has 0 unspecified atom stereocenters. The molecule has 6 rings (SSSR count). The Morgan fingerprint density at radius 2 is 2.03 bits per heavy atom. The average molecular weight is 469 g/mol. The number of β-amino-alcohol motifs (C(OH)–C–C–N with tert-alkyl or cyclic N) is 1. The minimum Gasteiger partial charge on any atom is -0.458 e. The Labute approximate surface area is 203 Å². The van der Waals surface area contributed by atoms with Gasteiger partial charge in [-0.15, -0.1) is 0 Å². The highest BCUT2D eigenvalue weighted by Crippen LogP contribution is 2.66. The largest absolute Gasteiger partial charge is 0.458 e. The minimum absolute atomic E-state index is 0.0121. The van der Waals surface area contributed by atoms with Gasteiger partial charge in [0.05, 0.1) is 6.10 Å². The topological polar surface area (TPSA) is 78.9 Å². The number of cyclic esters (lactones) is 1. The van der Waals surface area contributed by atoms with Gasteiger partial charge in [-0.2, -0.15) is 0 Å². The molecule has 3 saturated carbocycles. The molecule has 2 amide bonds. The normalized spacial score (nSPS) is 45.6. The molecule has 0 aromatic carbocycles. The summed E-state index contributed by atoms with van der Waals surface area (Å²) in [5, 5.41) is 13.1. The molecule has 2 aliphatic heterocycles. The van der Waals surface area contributed by atoms with E-state index in [-0.39, 0.29) is 29.6 Å². The number of esters is 1. The summed E-state index contributed by atoms with van der Waals surface area (Å²) in [6.07, 6.45) is 14.0. The lowest BCUT2D eigenvalue weighted by Gasteiger charge is -2.60. The fraction of sp³-hybridized carbons (Fsp3) is 0.786. The smallest absolute Gasteiger partial charge is 0.331 e. The highest BCUT2D eigenvalue weighted by atomic mass is 16.5. The maximum absolute atomic E-state index is 12.7. The van der Waals surface area contributed by atoms with Crippen LogP contribution in [0.1, 0.15) is 71.6 Å². The van der Waals surface area contributed by atoms with Crippen LogP contribution in [0.4, 0.5) is 4.79 Å². The first-order chi connectivity index (χ1) is 16.3. The van der Waals surface area contributed by atoms with Crippen molar-refractivity contribution in [2.75, 3.05) is 19.7 Å². The number of hydrogen-bond acceptors (Lipinski definition) is 4. The summed E-state index contributed by atoms with van der Waals surface area (Å²) >= 11 is 0. The molecule has 6 aliphatic rings. The van der Waals surface area contributed by atoms with E-state index in [0.717, 1.165) is 25.2 Å². The molecular weight excluding hydrogens is 428 g/mol. The summed E-state index contributed by atoms with van der Waals surface area (Å²) in [7, 11) is 0. The van der Waals surface area contributed by atoms with E-state index in [0.29, 0.717) is 49.3 Å². The van der Waals surface area contributed by atoms with Gasteiger partial charge in [-0.3, -0.25) is 0 Å². The molecule has 34 heavy (non-hydrogen) atoms. The number of amides is 2. The maximum Gasteiger partial charge on any atom is 0.331 e. The zero-order chi connectivity index (χ0) is 23.7. The summed E-state index contributed by atoms with van der Waals surface area (Å²) in [6, 6.07) is 0.272.